The van der Waals surface area contributed by atoms with E-state index >= 15 is 0 Å². The Morgan fingerprint density at radius 1 is 1.39 bits per heavy atom. The molecule has 0 spiro atoms. The fraction of sp³-hybridized carbons (Fsp3) is 0.500. The van der Waals surface area contributed by atoms with E-state index in [0.29, 0.717) is 18.1 Å². The number of rotatable bonds is 6. The first kappa shape index (κ1) is 17.8. The summed E-state index contributed by atoms with van der Waals surface area (Å²) in [6.45, 7) is 6.11. The van der Waals surface area contributed by atoms with Crippen LogP contribution in [0.4, 0.5) is 0 Å². The van der Waals surface area contributed by atoms with E-state index in [9.17, 15) is 4.79 Å². The molecule has 1 aliphatic heterocycles. The molecule has 0 amide bonds. The fourth-order valence-electron chi connectivity index (χ4n) is 3.15. The number of aromatic nitrogens is 1. The molecule has 1 aromatic heterocycles. The number of carbonyl (C=O) groups excluding carboxylic acids is 1. The number of nitrogens with zero attached hydrogens (tertiary/aromatic N) is 1. The highest BCUT2D eigenvalue weighted by Crippen LogP contribution is 2.21. The van der Waals surface area contributed by atoms with Crippen LogP contribution in [-0.2, 0) is 4.74 Å². The van der Waals surface area contributed by atoms with Crippen LogP contribution >= 0.6 is 12.4 Å². The number of hydrogen-bond acceptors (Lipinski definition) is 3. The van der Waals surface area contributed by atoms with Gasteiger partial charge in [0.2, 0.25) is 0 Å². The molecular weight excluding hydrogens is 312 g/mol. The van der Waals surface area contributed by atoms with Gasteiger partial charge in [0.25, 0.3) is 0 Å². The lowest BCUT2D eigenvalue weighted by atomic mass is 10.1. The molecule has 2 aromatic rings. The highest BCUT2D eigenvalue weighted by molar-refractivity contribution is 6.03. The Kier molecular flexibility index (Phi) is 6.48. The first-order valence-corrected chi connectivity index (χ1v) is 8.23. The monoisotopic (exact) mass is 336 g/mol. The number of unbranched alkanes of at least 4 members (excludes halogenated alkanes) is 1. The predicted molar refractivity (Wildman–Crippen MR) is 95.3 cm³/mol. The lowest BCUT2D eigenvalue weighted by Crippen LogP contribution is -2.23. The second-order valence-electron chi connectivity index (χ2n) is 6.16. The van der Waals surface area contributed by atoms with Crippen LogP contribution in [0.3, 0.4) is 0 Å². The van der Waals surface area contributed by atoms with Crippen molar-refractivity contribution in [1.29, 1.82) is 0 Å². The highest BCUT2D eigenvalue weighted by atomic mass is 35.5. The van der Waals surface area contributed by atoms with Gasteiger partial charge in [-0.15, -0.1) is 12.4 Å². The van der Waals surface area contributed by atoms with E-state index in [1.165, 1.54) is 19.4 Å². The molecule has 0 bridgehead atoms. The van der Waals surface area contributed by atoms with Crippen molar-refractivity contribution in [2.75, 3.05) is 26.2 Å². The maximum atomic E-state index is 12.3. The number of para-hydroxylation sites is 1. The molecule has 1 aliphatic rings. The van der Waals surface area contributed by atoms with Crippen molar-refractivity contribution in [2.24, 2.45) is 5.92 Å². The van der Waals surface area contributed by atoms with E-state index in [1.54, 1.807) is 6.20 Å². The van der Waals surface area contributed by atoms with Gasteiger partial charge in [-0.1, -0.05) is 31.5 Å². The van der Waals surface area contributed by atoms with Crippen LogP contribution in [0.2, 0.25) is 0 Å². The summed E-state index contributed by atoms with van der Waals surface area (Å²) in [6.07, 6.45) is 5.36. The van der Waals surface area contributed by atoms with E-state index in [2.05, 4.69) is 16.8 Å². The number of hydrogen-bond donors (Lipinski definition) is 1. The minimum absolute atomic E-state index is 0. The Labute approximate surface area is 143 Å². The third kappa shape index (κ3) is 4.27. The Morgan fingerprint density at radius 2 is 2.22 bits per heavy atom. The minimum Gasteiger partial charge on any atom is -0.462 e. The lowest BCUT2D eigenvalue weighted by Gasteiger charge is -2.15. The van der Waals surface area contributed by atoms with Crippen LogP contribution in [-0.4, -0.2) is 42.1 Å². The molecule has 126 valence electrons. The maximum absolute atomic E-state index is 12.3. The Balaban J connectivity index is 0.00000192. The number of fused-ring (bicyclic) bond motifs is 1. The predicted octanol–water partition coefficient (Wildman–Crippen LogP) is 3.87. The van der Waals surface area contributed by atoms with Crippen molar-refractivity contribution in [3.05, 3.63) is 36.0 Å². The molecular formula is C18H25ClN2O2. The first-order valence-electron chi connectivity index (χ1n) is 8.23. The highest BCUT2D eigenvalue weighted by Gasteiger charge is 2.23. The van der Waals surface area contributed by atoms with Gasteiger partial charge < -0.3 is 14.6 Å². The normalized spacial score (nSPS) is 18.0. The minimum atomic E-state index is -0.218. The zero-order valence-electron chi connectivity index (χ0n) is 13.6. The van der Waals surface area contributed by atoms with Gasteiger partial charge in [0.15, 0.2) is 0 Å². The summed E-state index contributed by atoms with van der Waals surface area (Å²) in [5.74, 6) is 0.260. The SMILES string of the molecule is CCCCN1CCC(COC(=O)c2c[nH]c3ccccc23)C1.Cl. The van der Waals surface area contributed by atoms with Crippen molar-refractivity contribution in [3.63, 3.8) is 0 Å². The van der Waals surface area contributed by atoms with Crippen molar-refractivity contribution < 1.29 is 9.53 Å². The molecule has 23 heavy (non-hydrogen) atoms. The van der Waals surface area contributed by atoms with Gasteiger partial charge >= 0.3 is 5.97 Å². The molecule has 1 unspecified atom stereocenters. The van der Waals surface area contributed by atoms with Gasteiger partial charge in [0.05, 0.1) is 12.2 Å². The van der Waals surface area contributed by atoms with Gasteiger partial charge in [-0.3, -0.25) is 0 Å². The van der Waals surface area contributed by atoms with Crippen LogP contribution in [0.5, 0.6) is 0 Å². The Hall–Kier alpha value is -1.52. The second-order valence-corrected chi connectivity index (χ2v) is 6.16. The molecule has 1 saturated heterocycles. The third-order valence-corrected chi connectivity index (χ3v) is 4.46. The van der Waals surface area contributed by atoms with Gasteiger partial charge in [-0.25, -0.2) is 4.79 Å². The number of benzene rings is 1. The molecule has 5 heteroatoms. The summed E-state index contributed by atoms with van der Waals surface area (Å²) in [4.78, 5) is 17.9. The average molecular weight is 337 g/mol. The summed E-state index contributed by atoms with van der Waals surface area (Å²) >= 11 is 0. The van der Waals surface area contributed by atoms with E-state index < -0.39 is 0 Å². The number of halogens is 1. The molecule has 2 heterocycles. The van der Waals surface area contributed by atoms with E-state index in [0.717, 1.165) is 30.4 Å². The molecule has 1 atom stereocenters. The van der Waals surface area contributed by atoms with Gasteiger partial charge in [0.1, 0.15) is 0 Å². The number of aromatic amines is 1. The van der Waals surface area contributed by atoms with Gasteiger partial charge in [-0.2, -0.15) is 0 Å². The summed E-state index contributed by atoms with van der Waals surface area (Å²) < 4.78 is 5.55. The summed E-state index contributed by atoms with van der Waals surface area (Å²) in [6, 6.07) is 7.81. The largest absolute Gasteiger partial charge is 0.462 e. The molecule has 1 fully saturated rings. The quantitative estimate of drug-likeness (QED) is 0.814. The van der Waals surface area contributed by atoms with Crippen LogP contribution < -0.4 is 0 Å². The molecule has 1 N–H and O–H groups in total. The molecule has 1 aromatic carbocycles. The number of nitrogens with one attached hydrogen (secondary N) is 1. The zero-order valence-corrected chi connectivity index (χ0v) is 14.4. The average Bonchev–Trinajstić information content (AvgIpc) is 3.17. The number of esters is 1. The van der Waals surface area contributed by atoms with Crippen molar-refractivity contribution in [1.82, 2.24) is 9.88 Å². The maximum Gasteiger partial charge on any atom is 0.340 e. The fourth-order valence-corrected chi connectivity index (χ4v) is 3.15. The van der Waals surface area contributed by atoms with Crippen molar-refractivity contribution >= 4 is 29.3 Å². The number of ether oxygens (including phenoxy) is 1. The van der Waals surface area contributed by atoms with Crippen LogP contribution in [0.25, 0.3) is 10.9 Å². The third-order valence-electron chi connectivity index (χ3n) is 4.46. The number of H-pyrrole nitrogens is 1. The zero-order chi connectivity index (χ0) is 15.4. The summed E-state index contributed by atoms with van der Waals surface area (Å²) in [5.41, 5.74) is 1.61. The van der Waals surface area contributed by atoms with Gasteiger partial charge in [-0.05, 0) is 32.0 Å². The number of carbonyl (C=O) groups is 1. The molecule has 3 rings (SSSR count). The second kappa shape index (κ2) is 8.37. The van der Waals surface area contributed by atoms with Crippen molar-refractivity contribution in [3.8, 4) is 0 Å². The molecule has 0 aliphatic carbocycles. The molecule has 0 radical (unpaired) electrons. The first-order chi connectivity index (χ1) is 10.8. The summed E-state index contributed by atoms with van der Waals surface area (Å²) in [7, 11) is 0. The van der Waals surface area contributed by atoms with Crippen molar-refractivity contribution in [2.45, 2.75) is 26.2 Å². The van der Waals surface area contributed by atoms with Crippen LogP contribution in [0, 0.1) is 5.92 Å². The Morgan fingerprint density at radius 3 is 3.04 bits per heavy atom. The van der Waals surface area contributed by atoms with Crippen LogP contribution in [0.1, 0.15) is 36.5 Å². The molecule has 4 nitrogen and oxygen atoms in total. The van der Waals surface area contributed by atoms with E-state index in [4.69, 9.17) is 4.74 Å². The van der Waals surface area contributed by atoms with Gasteiger partial charge in [0, 0.05) is 29.6 Å². The molecule has 0 saturated carbocycles. The standard InChI is InChI=1S/C18H24N2O2.ClH/c1-2-3-9-20-10-8-14(12-20)13-22-18(21)16-11-19-17-7-5-4-6-15(16)17;/h4-7,11,14,19H,2-3,8-10,12-13H2,1H3;1H. The van der Waals surface area contributed by atoms with E-state index in [-0.39, 0.29) is 18.4 Å². The summed E-state index contributed by atoms with van der Waals surface area (Å²) in [5, 5.41) is 0.934. The topological polar surface area (TPSA) is 45.3 Å². The van der Waals surface area contributed by atoms with Crippen LogP contribution in [0.15, 0.2) is 30.5 Å². The number of likely N-dealkylation sites (tertiary alicyclic amines) is 1. The lowest BCUT2D eigenvalue weighted by molar-refractivity contribution is 0.0446. The smallest absolute Gasteiger partial charge is 0.340 e. The van der Waals surface area contributed by atoms with E-state index in [1.807, 2.05) is 24.3 Å². The Bertz CT molecular complexity index is 641.